The fourth-order valence-corrected chi connectivity index (χ4v) is 2.90. The van der Waals surface area contributed by atoms with Gasteiger partial charge >= 0.3 is 12.0 Å². The van der Waals surface area contributed by atoms with E-state index in [1.54, 1.807) is 0 Å². The number of aromatic carboxylic acids is 1. The van der Waals surface area contributed by atoms with E-state index in [1.807, 2.05) is 0 Å². The molecule has 0 atom stereocenters. The fraction of sp³-hybridized carbons (Fsp3) is 0. The zero-order valence-corrected chi connectivity index (χ0v) is 12.8. The molecule has 2 rings (SSSR count). The van der Waals surface area contributed by atoms with Gasteiger partial charge in [-0.1, -0.05) is 0 Å². The molecule has 2 aromatic carbocycles. The van der Waals surface area contributed by atoms with Crippen molar-refractivity contribution in [2.75, 3.05) is 10.0 Å². The molecule has 0 fully saturated rings. The van der Waals surface area contributed by atoms with Crippen LogP contribution in [0.15, 0.2) is 47.4 Å². The molecule has 0 saturated carbocycles. The quantitative estimate of drug-likeness (QED) is 0.649. The minimum absolute atomic E-state index is 0.159. The van der Waals surface area contributed by atoms with Gasteiger partial charge in [0, 0.05) is 11.4 Å². The van der Waals surface area contributed by atoms with Crippen LogP contribution in [0.1, 0.15) is 10.4 Å². The number of rotatable bonds is 5. The molecule has 0 aliphatic rings. The van der Waals surface area contributed by atoms with E-state index < -0.39 is 38.3 Å². The lowest BCUT2D eigenvalue weighted by atomic mass is 10.2. The molecule has 2 amide bonds. The number of carbonyl (C=O) groups excluding carboxylic acids is 1. The van der Waals surface area contributed by atoms with Crippen LogP contribution >= 0.6 is 0 Å². The summed E-state index contributed by atoms with van der Waals surface area (Å²) < 4.78 is 40.0. The van der Waals surface area contributed by atoms with Crippen molar-refractivity contribution in [1.82, 2.24) is 0 Å². The number of nitrogens with one attached hydrogen (secondary N) is 2. The third-order valence-corrected chi connectivity index (χ3v) is 4.26. The highest BCUT2D eigenvalue weighted by molar-refractivity contribution is 7.92. The molecular weight excluding hydrogens is 341 g/mol. The molecule has 0 heterocycles. The number of halogens is 1. The van der Waals surface area contributed by atoms with Crippen LogP contribution in [0.3, 0.4) is 0 Å². The predicted octanol–water partition coefficient (Wildman–Crippen LogP) is 1.82. The number of nitrogens with two attached hydrogens (primary N) is 1. The number of carbonyl (C=O) groups is 2. The second-order valence-electron chi connectivity index (χ2n) is 4.62. The van der Waals surface area contributed by atoms with E-state index in [0.717, 1.165) is 18.2 Å². The van der Waals surface area contributed by atoms with Crippen molar-refractivity contribution < 1.29 is 27.5 Å². The Hall–Kier alpha value is -3.14. The smallest absolute Gasteiger partial charge is 0.338 e. The van der Waals surface area contributed by atoms with Crippen LogP contribution in [0, 0.1) is 5.82 Å². The molecule has 0 unspecified atom stereocenters. The van der Waals surface area contributed by atoms with Crippen LogP contribution in [0.5, 0.6) is 0 Å². The van der Waals surface area contributed by atoms with Crippen LogP contribution in [0.4, 0.5) is 20.6 Å². The summed E-state index contributed by atoms with van der Waals surface area (Å²) in [5, 5.41) is 11.2. The van der Waals surface area contributed by atoms with Gasteiger partial charge in [0.15, 0.2) is 0 Å². The van der Waals surface area contributed by atoms with E-state index in [-0.39, 0.29) is 5.69 Å². The van der Waals surface area contributed by atoms with Crippen LogP contribution in [-0.4, -0.2) is 25.5 Å². The normalized spacial score (nSPS) is 10.9. The first-order valence-corrected chi connectivity index (χ1v) is 7.89. The van der Waals surface area contributed by atoms with Crippen molar-refractivity contribution in [2.24, 2.45) is 5.73 Å². The number of sulfonamides is 1. The maximum Gasteiger partial charge on any atom is 0.338 e. The SMILES string of the molecule is NC(=O)Nc1ccc(NS(=O)(=O)c2ccc(F)c(C(=O)O)c2)cc1. The molecule has 10 heteroatoms. The second kappa shape index (κ2) is 6.54. The van der Waals surface area contributed by atoms with Gasteiger partial charge < -0.3 is 16.2 Å². The van der Waals surface area contributed by atoms with Gasteiger partial charge in [0.2, 0.25) is 0 Å². The molecule has 5 N–H and O–H groups in total. The zero-order chi connectivity index (χ0) is 17.9. The highest BCUT2D eigenvalue weighted by Crippen LogP contribution is 2.20. The van der Waals surface area contributed by atoms with Crippen molar-refractivity contribution in [1.29, 1.82) is 0 Å². The summed E-state index contributed by atoms with van der Waals surface area (Å²) in [7, 11) is -4.11. The average Bonchev–Trinajstić information content (AvgIpc) is 2.48. The summed E-state index contributed by atoms with van der Waals surface area (Å²) >= 11 is 0. The number of urea groups is 1. The lowest BCUT2D eigenvalue weighted by Crippen LogP contribution is -2.19. The van der Waals surface area contributed by atoms with Crippen LogP contribution in [0.2, 0.25) is 0 Å². The minimum Gasteiger partial charge on any atom is -0.478 e. The van der Waals surface area contributed by atoms with E-state index in [0.29, 0.717) is 5.69 Å². The van der Waals surface area contributed by atoms with Gasteiger partial charge in [-0.05, 0) is 42.5 Å². The number of hydrogen-bond donors (Lipinski definition) is 4. The number of carboxylic acids is 1. The Bertz CT molecular complexity index is 897. The first-order chi connectivity index (χ1) is 11.2. The highest BCUT2D eigenvalue weighted by Gasteiger charge is 2.19. The number of carboxylic acid groups (broad SMARTS) is 1. The molecule has 0 saturated heterocycles. The molecule has 8 nitrogen and oxygen atoms in total. The first kappa shape index (κ1) is 17.2. The lowest BCUT2D eigenvalue weighted by Gasteiger charge is -2.10. The Balaban J connectivity index is 2.27. The van der Waals surface area contributed by atoms with Crippen LogP contribution in [-0.2, 0) is 10.0 Å². The second-order valence-corrected chi connectivity index (χ2v) is 6.30. The summed E-state index contributed by atoms with van der Waals surface area (Å²) in [5.74, 6) is -2.62. The zero-order valence-electron chi connectivity index (χ0n) is 12.0. The van der Waals surface area contributed by atoms with Crippen LogP contribution in [0.25, 0.3) is 0 Å². The van der Waals surface area contributed by atoms with Crippen molar-refractivity contribution in [3.05, 3.63) is 53.8 Å². The summed E-state index contributed by atoms with van der Waals surface area (Å²) in [6.07, 6.45) is 0. The number of anilines is 2. The van der Waals surface area contributed by atoms with E-state index in [1.165, 1.54) is 24.3 Å². The third-order valence-electron chi connectivity index (χ3n) is 2.88. The van der Waals surface area contributed by atoms with Gasteiger partial charge in [-0.15, -0.1) is 0 Å². The van der Waals surface area contributed by atoms with Crippen molar-refractivity contribution in [3.63, 3.8) is 0 Å². The number of hydrogen-bond acceptors (Lipinski definition) is 4. The van der Waals surface area contributed by atoms with E-state index in [9.17, 15) is 22.4 Å². The van der Waals surface area contributed by atoms with Gasteiger partial charge in [0.25, 0.3) is 10.0 Å². The molecule has 126 valence electrons. The van der Waals surface area contributed by atoms with Crippen molar-refractivity contribution in [3.8, 4) is 0 Å². The van der Waals surface area contributed by atoms with E-state index in [2.05, 4.69) is 10.0 Å². The summed E-state index contributed by atoms with van der Waals surface area (Å²) in [5.41, 5.74) is 4.72. The van der Waals surface area contributed by atoms with Gasteiger partial charge in [-0.25, -0.2) is 22.4 Å². The predicted molar refractivity (Wildman–Crippen MR) is 83.8 cm³/mol. The molecule has 2 aromatic rings. The molecule has 0 aliphatic heterocycles. The monoisotopic (exact) mass is 353 g/mol. The molecule has 0 aromatic heterocycles. The van der Waals surface area contributed by atoms with Gasteiger partial charge in [-0.3, -0.25) is 4.72 Å². The Morgan fingerprint density at radius 3 is 2.17 bits per heavy atom. The molecule has 0 aliphatic carbocycles. The Morgan fingerprint density at radius 2 is 1.62 bits per heavy atom. The minimum atomic E-state index is -4.11. The topological polar surface area (TPSA) is 139 Å². The lowest BCUT2D eigenvalue weighted by molar-refractivity contribution is 0.0691. The molecule has 0 bridgehead atoms. The first-order valence-electron chi connectivity index (χ1n) is 6.41. The third kappa shape index (κ3) is 3.98. The molecular formula is C14H12FN3O5S. The van der Waals surface area contributed by atoms with E-state index in [4.69, 9.17) is 10.8 Å². The summed E-state index contributed by atoms with van der Waals surface area (Å²) in [6, 6.07) is 7.23. The van der Waals surface area contributed by atoms with Crippen molar-refractivity contribution >= 4 is 33.4 Å². The van der Waals surface area contributed by atoms with Crippen LogP contribution < -0.4 is 15.8 Å². The summed E-state index contributed by atoms with van der Waals surface area (Å²) in [6.45, 7) is 0. The number of amides is 2. The highest BCUT2D eigenvalue weighted by atomic mass is 32.2. The fourth-order valence-electron chi connectivity index (χ4n) is 1.81. The maximum atomic E-state index is 13.3. The molecule has 0 radical (unpaired) electrons. The molecule has 24 heavy (non-hydrogen) atoms. The Morgan fingerprint density at radius 1 is 1.04 bits per heavy atom. The van der Waals surface area contributed by atoms with Gasteiger partial charge in [-0.2, -0.15) is 0 Å². The number of benzene rings is 2. The molecule has 0 spiro atoms. The largest absolute Gasteiger partial charge is 0.478 e. The average molecular weight is 353 g/mol. The Kier molecular flexibility index (Phi) is 4.69. The maximum absolute atomic E-state index is 13.3. The van der Waals surface area contributed by atoms with Crippen molar-refractivity contribution in [2.45, 2.75) is 4.90 Å². The van der Waals surface area contributed by atoms with Gasteiger partial charge in [0.05, 0.1) is 10.5 Å². The standard InChI is InChI=1S/C14H12FN3O5S/c15-12-6-5-10(7-11(12)13(19)20)24(22,23)18-9-3-1-8(2-4-9)17-14(16)21/h1-7,18H,(H,19,20)(H3,16,17,21). The number of primary amides is 1. The Labute approximate surface area is 136 Å². The van der Waals surface area contributed by atoms with Gasteiger partial charge in [0.1, 0.15) is 5.82 Å². The van der Waals surface area contributed by atoms with E-state index >= 15 is 0 Å². The summed E-state index contributed by atoms with van der Waals surface area (Å²) in [4.78, 5) is 21.2.